The van der Waals surface area contributed by atoms with Crippen LogP contribution in [0.15, 0.2) is 10.5 Å². The number of rotatable bonds is 0. The minimum Gasteiger partial charge on any atom is -0.465 e. The van der Waals surface area contributed by atoms with Crippen LogP contribution in [0.1, 0.15) is 51.2 Å². The molecule has 0 radical (unpaired) electrons. The SMILES string of the molecule is Cc1cc2c(o1)C(C)(C)CC2(C)C. The highest BCUT2D eigenvalue weighted by Crippen LogP contribution is 2.50. The fourth-order valence-electron chi connectivity index (χ4n) is 2.80. The Hall–Kier alpha value is -0.720. The second-order valence-electron chi connectivity index (χ2n) is 5.54. The van der Waals surface area contributed by atoms with Crippen molar-refractivity contribution < 1.29 is 4.42 Å². The molecule has 0 atom stereocenters. The van der Waals surface area contributed by atoms with Crippen molar-refractivity contribution in [3.63, 3.8) is 0 Å². The molecule has 0 fully saturated rings. The van der Waals surface area contributed by atoms with Gasteiger partial charge in [-0.1, -0.05) is 27.7 Å². The summed E-state index contributed by atoms with van der Waals surface area (Å²) in [6.45, 7) is 11.2. The Balaban J connectivity index is 2.63. The van der Waals surface area contributed by atoms with E-state index in [1.54, 1.807) is 0 Å². The van der Waals surface area contributed by atoms with E-state index in [0.717, 1.165) is 5.76 Å². The Kier molecular flexibility index (Phi) is 1.50. The van der Waals surface area contributed by atoms with Crippen molar-refractivity contribution >= 4 is 0 Å². The van der Waals surface area contributed by atoms with Gasteiger partial charge in [0.1, 0.15) is 11.5 Å². The molecule has 13 heavy (non-hydrogen) atoms. The molecule has 1 aromatic heterocycles. The second-order valence-corrected chi connectivity index (χ2v) is 5.54. The van der Waals surface area contributed by atoms with Crippen molar-refractivity contribution in [2.75, 3.05) is 0 Å². The smallest absolute Gasteiger partial charge is 0.113 e. The molecular formula is C12H18O. The lowest BCUT2D eigenvalue weighted by atomic mass is 9.82. The third-order valence-corrected chi connectivity index (χ3v) is 3.08. The maximum absolute atomic E-state index is 5.78. The van der Waals surface area contributed by atoms with E-state index in [-0.39, 0.29) is 10.8 Å². The number of furan rings is 1. The molecule has 0 N–H and O–H groups in total. The van der Waals surface area contributed by atoms with Gasteiger partial charge in [0.15, 0.2) is 0 Å². The van der Waals surface area contributed by atoms with Crippen LogP contribution in [-0.2, 0) is 10.8 Å². The molecule has 0 aromatic carbocycles. The molecule has 1 aromatic rings. The van der Waals surface area contributed by atoms with Gasteiger partial charge < -0.3 is 4.42 Å². The standard InChI is InChI=1S/C12H18O/c1-8-6-9-10(13-8)12(4,5)7-11(9,2)3/h6H,7H2,1-5H3. The topological polar surface area (TPSA) is 13.1 Å². The lowest BCUT2D eigenvalue weighted by Gasteiger charge is -2.22. The van der Waals surface area contributed by atoms with Crippen LogP contribution in [-0.4, -0.2) is 0 Å². The van der Waals surface area contributed by atoms with E-state index in [4.69, 9.17) is 4.42 Å². The number of fused-ring (bicyclic) bond motifs is 1. The maximum Gasteiger partial charge on any atom is 0.113 e. The van der Waals surface area contributed by atoms with Gasteiger partial charge in [-0.05, 0) is 24.8 Å². The molecule has 0 spiro atoms. The highest BCUT2D eigenvalue weighted by molar-refractivity contribution is 5.39. The van der Waals surface area contributed by atoms with Crippen LogP contribution in [0.2, 0.25) is 0 Å². The zero-order chi connectivity index (χ0) is 9.85. The number of hydrogen-bond donors (Lipinski definition) is 0. The van der Waals surface area contributed by atoms with Gasteiger partial charge in [0.25, 0.3) is 0 Å². The predicted molar refractivity (Wildman–Crippen MR) is 54.1 cm³/mol. The molecule has 0 saturated heterocycles. The molecule has 1 aliphatic rings. The van der Waals surface area contributed by atoms with E-state index >= 15 is 0 Å². The molecule has 72 valence electrons. The lowest BCUT2D eigenvalue weighted by molar-refractivity contribution is 0.344. The third-order valence-electron chi connectivity index (χ3n) is 3.08. The first-order valence-electron chi connectivity index (χ1n) is 4.94. The van der Waals surface area contributed by atoms with Gasteiger partial charge in [-0.15, -0.1) is 0 Å². The summed E-state index contributed by atoms with van der Waals surface area (Å²) in [5.74, 6) is 2.25. The minimum absolute atomic E-state index is 0.215. The van der Waals surface area contributed by atoms with E-state index in [2.05, 4.69) is 33.8 Å². The summed E-state index contributed by atoms with van der Waals surface area (Å²) in [6, 6.07) is 2.20. The van der Waals surface area contributed by atoms with Crippen LogP contribution in [0.5, 0.6) is 0 Å². The van der Waals surface area contributed by atoms with Crippen LogP contribution in [0.4, 0.5) is 0 Å². The average Bonchev–Trinajstić information content (AvgIpc) is 2.34. The monoisotopic (exact) mass is 178 g/mol. The van der Waals surface area contributed by atoms with Crippen molar-refractivity contribution in [2.45, 2.75) is 51.9 Å². The van der Waals surface area contributed by atoms with Crippen molar-refractivity contribution in [1.82, 2.24) is 0 Å². The van der Waals surface area contributed by atoms with Gasteiger partial charge in [0.2, 0.25) is 0 Å². The molecule has 0 bridgehead atoms. The summed E-state index contributed by atoms with van der Waals surface area (Å²) in [5, 5.41) is 0. The van der Waals surface area contributed by atoms with Crippen LogP contribution < -0.4 is 0 Å². The van der Waals surface area contributed by atoms with Gasteiger partial charge in [-0.2, -0.15) is 0 Å². The lowest BCUT2D eigenvalue weighted by Crippen LogP contribution is -2.18. The zero-order valence-corrected chi connectivity index (χ0v) is 9.19. The quantitative estimate of drug-likeness (QED) is 0.592. The molecular weight excluding hydrogens is 160 g/mol. The first-order chi connectivity index (χ1) is 5.83. The molecule has 0 aliphatic heterocycles. The Morgan fingerprint density at radius 2 is 1.77 bits per heavy atom. The maximum atomic E-state index is 5.78. The van der Waals surface area contributed by atoms with Crippen LogP contribution in [0, 0.1) is 6.92 Å². The molecule has 1 heterocycles. The van der Waals surface area contributed by atoms with Crippen molar-refractivity contribution in [3.8, 4) is 0 Å². The normalized spacial score (nSPS) is 23.2. The van der Waals surface area contributed by atoms with E-state index in [9.17, 15) is 0 Å². The summed E-state index contributed by atoms with van der Waals surface area (Å²) in [4.78, 5) is 0. The third kappa shape index (κ3) is 1.13. The minimum atomic E-state index is 0.215. The van der Waals surface area contributed by atoms with Gasteiger partial charge in [0.05, 0.1) is 0 Å². The first-order valence-corrected chi connectivity index (χ1v) is 4.94. The molecule has 0 amide bonds. The van der Waals surface area contributed by atoms with E-state index < -0.39 is 0 Å². The molecule has 0 saturated carbocycles. The second kappa shape index (κ2) is 2.20. The Morgan fingerprint density at radius 1 is 1.15 bits per heavy atom. The van der Waals surface area contributed by atoms with Crippen LogP contribution in [0.3, 0.4) is 0 Å². The van der Waals surface area contributed by atoms with Crippen molar-refractivity contribution in [1.29, 1.82) is 0 Å². The number of aryl methyl sites for hydroxylation is 1. The van der Waals surface area contributed by atoms with E-state index in [1.165, 1.54) is 17.7 Å². The van der Waals surface area contributed by atoms with E-state index in [0.29, 0.717) is 0 Å². The largest absolute Gasteiger partial charge is 0.465 e. The summed E-state index contributed by atoms with van der Waals surface area (Å²) >= 11 is 0. The Labute approximate surface area is 80.1 Å². The molecule has 2 rings (SSSR count). The van der Waals surface area contributed by atoms with Gasteiger partial charge in [0, 0.05) is 11.0 Å². The van der Waals surface area contributed by atoms with Gasteiger partial charge >= 0.3 is 0 Å². The summed E-state index contributed by atoms with van der Waals surface area (Å²) < 4.78 is 5.78. The van der Waals surface area contributed by atoms with Gasteiger partial charge in [-0.3, -0.25) is 0 Å². The fraction of sp³-hybridized carbons (Fsp3) is 0.667. The molecule has 1 nitrogen and oxygen atoms in total. The Bertz CT molecular complexity index is 311. The molecule has 1 heteroatoms. The highest BCUT2D eigenvalue weighted by atomic mass is 16.3. The zero-order valence-electron chi connectivity index (χ0n) is 9.19. The van der Waals surface area contributed by atoms with Crippen molar-refractivity contribution in [3.05, 3.63) is 23.2 Å². The van der Waals surface area contributed by atoms with Crippen LogP contribution in [0.25, 0.3) is 0 Å². The Morgan fingerprint density at radius 3 is 2.31 bits per heavy atom. The predicted octanol–water partition coefficient (Wildman–Crippen LogP) is 3.55. The first kappa shape index (κ1) is 8.86. The molecule has 1 aliphatic carbocycles. The van der Waals surface area contributed by atoms with Crippen LogP contribution >= 0.6 is 0 Å². The van der Waals surface area contributed by atoms with Gasteiger partial charge in [-0.25, -0.2) is 0 Å². The average molecular weight is 178 g/mol. The van der Waals surface area contributed by atoms with Crippen molar-refractivity contribution in [2.24, 2.45) is 0 Å². The summed E-state index contributed by atoms with van der Waals surface area (Å²) in [7, 11) is 0. The molecule has 0 unspecified atom stereocenters. The number of hydrogen-bond acceptors (Lipinski definition) is 1. The highest BCUT2D eigenvalue weighted by Gasteiger charge is 2.44. The summed E-state index contributed by atoms with van der Waals surface area (Å²) in [6.07, 6.45) is 1.19. The van der Waals surface area contributed by atoms with E-state index in [1.807, 2.05) is 6.92 Å². The summed E-state index contributed by atoms with van der Waals surface area (Å²) in [5.41, 5.74) is 1.92. The fourth-order valence-corrected chi connectivity index (χ4v) is 2.80.